The van der Waals surface area contributed by atoms with Crippen molar-refractivity contribution in [3.05, 3.63) is 188 Å². The highest BCUT2D eigenvalue weighted by Gasteiger charge is 2.23. The molecule has 0 fully saturated rings. The first-order valence-corrected chi connectivity index (χ1v) is 27.3. The van der Waals surface area contributed by atoms with Crippen LogP contribution in [0.4, 0.5) is 20.4 Å². The average Bonchev–Trinajstić information content (AvgIpc) is 4.17. The highest BCUT2D eigenvalue weighted by atomic mass is 79.9. The van der Waals surface area contributed by atoms with Crippen LogP contribution in [-0.4, -0.2) is 89.0 Å². The maximum atomic E-state index is 15.6. The number of hydrogen-bond donors (Lipinski definition) is 4. The minimum Gasteiger partial charge on any atom is -0.497 e. The van der Waals surface area contributed by atoms with Crippen molar-refractivity contribution in [3.8, 4) is 51.2 Å². The molecule has 0 saturated carbocycles. The number of nitrogens with zero attached hydrogens (tertiary/aromatic N) is 4. The predicted molar refractivity (Wildman–Crippen MR) is 323 cm³/mol. The molecule has 0 aliphatic rings. The number of methoxy groups -OCH3 is 5. The van der Waals surface area contributed by atoms with Crippen LogP contribution in [0.2, 0.25) is 0 Å². The van der Waals surface area contributed by atoms with Gasteiger partial charge in [-0.3, -0.25) is 28.2 Å². The summed E-state index contributed by atoms with van der Waals surface area (Å²) in [7, 11) is -2.03. The molecule has 0 saturated heterocycles. The number of aryl methyl sites for hydroxylation is 1. The number of aromatic nitrogens is 4. The Kier molecular flexibility index (Phi) is 21.0. The Bertz CT molecular complexity index is 4290. The molecule has 0 aliphatic heterocycles. The van der Waals surface area contributed by atoms with Crippen LogP contribution in [-0.2, 0) is 20.0 Å². The Morgan fingerprint density at radius 2 is 1.01 bits per heavy atom. The Morgan fingerprint density at radius 3 is 1.45 bits per heavy atom. The third-order valence-electron chi connectivity index (χ3n) is 11.9. The zero-order valence-electron chi connectivity index (χ0n) is 44.8. The van der Waals surface area contributed by atoms with Gasteiger partial charge in [0.2, 0.25) is 0 Å². The molecule has 0 aliphatic carbocycles. The molecule has 83 heavy (non-hydrogen) atoms. The van der Waals surface area contributed by atoms with E-state index in [1.807, 2.05) is 13.0 Å². The number of nitrogens with one attached hydrogen (secondary N) is 2. The number of pyridine rings is 2. The van der Waals surface area contributed by atoms with Crippen molar-refractivity contribution in [1.29, 1.82) is 0 Å². The smallest absolute Gasteiger partial charge is 0.488 e. The monoisotopic (exact) mass is 1280 g/mol. The molecule has 434 valence electrons. The Labute approximate surface area is 488 Å². The average molecular weight is 1280 g/mol. The summed E-state index contributed by atoms with van der Waals surface area (Å²) in [6, 6.07) is 32.0. The fraction of sp³-hybridized carbons (Fsp3) is 0.111. The highest BCUT2D eigenvalue weighted by Crippen LogP contribution is 2.37. The summed E-state index contributed by atoms with van der Waals surface area (Å²) in [5.74, 6) is 0.921. The van der Waals surface area contributed by atoms with Crippen LogP contribution in [0.3, 0.4) is 0 Å². The molecular weight excluding hydrogens is 1230 g/mol. The molecule has 0 bridgehead atoms. The van der Waals surface area contributed by atoms with Gasteiger partial charge >= 0.3 is 7.12 Å². The maximum absolute atomic E-state index is 15.6. The predicted octanol–water partition coefficient (Wildman–Crippen LogP) is 8.10. The van der Waals surface area contributed by atoms with Gasteiger partial charge in [0.05, 0.1) is 72.2 Å². The third-order valence-corrected chi connectivity index (χ3v) is 15.3. The van der Waals surface area contributed by atoms with E-state index in [1.165, 1.54) is 147 Å². The van der Waals surface area contributed by atoms with Crippen LogP contribution in [0.15, 0.2) is 179 Å². The Balaban J connectivity index is 0.000000222. The van der Waals surface area contributed by atoms with Crippen molar-refractivity contribution in [2.75, 3.05) is 45.0 Å². The lowest BCUT2D eigenvalue weighted by Crippen LogP contribution is -2.29. The van der Waals surface area contributed by atoms with Gasteiger partial charge in [-0.2, -0.15) is 19.8 Å². The van der Waals surface area contributed by atoms with E-state index in [-0.39, 0.29) is 74.1 Å². The zero-order valence-corrected chi connectivity index (χ0v) is 50.8. The summed E-state index contributed by atoms with van der Waals surface area (Å²) in [4.78, 5) is 25.5. The number of hydrogen-bond acceptors (Lipinski definition) is 17. The first-order chi connectivity index (χ1) is 38.7. The van der Waals surface area contributed by atoms with Crippen LogP contribution < -0.4 is 49.7 Å². The van der Waals surface area contributed by atoms with Crippen molar-refractivity contribution in [2.24, 2.45) is 0 Å². The first-order valence-electron chi connectivity index (χ1n) is 23.5. The van der Waals surface area contributed by atoms with Gasteiger partial charge in [-0.05, 0) is 124 Å². The second-order valence-corrected chi connectivity index (χ2v) is 21.4. The first kappa shape index (κ1) is 64.0. The minimum absolute atomic E-state index is 0. The normalized spacial score (nSPS) is 10.9. The van der Waals surface area contributed by atoms with Gasteiger partial charge in [-0.1, -0.05) is 16.4 Å². The topological polar surface area (TPSA) is 275 Å². The maximum Gasteiger partial charge on any atom is 0.488 e. The molecule has 10 rings (SSSR count). The van der Waals surface area contributed by atoms with Gasteiger partial charge < -0.3 is 42.8 Å². The molecular formula is C54H52BBrF2N6O15P2S2. The van der Waals surface area contributed by atoms with E-state index in [1.54, 1.807) is 37.4 Å². The van der Waals surface area contributed by atoms with Crippen molar-refractivity contribution in [1.82, 2.24) is 19.4 Å². The van der Waals surface area contributed by atoms with E-state index in [9.17, 15) is 30.8 Å². The van der Waals surface area contributed by atoms with Crippen LogP contribution in [0.5, 0.6) is 28.7 Å². The molecule has 6 aromatic carbocycles. The van der Waals surface area contributed by atoms with Crippen molar-refractivity contribution in [2.45, 2.75) is 16.7 Å². The second-order valence-electron chi connectivity index (χ2n) is 17.1. The second kappa shape index (κ2) is 27.3. The number of ether oxygens (including phenoxy) is 5. The molecule has 21 nitrogen and oxygen atoms in total. The number of anilines is 2. The summed E-state index contributed by atoms with van der Waals surface area (Å²) in [6.07, 6.45) is 2.47. The molecule has 2 unspecified atom stereocenters. The Hall–Kier alpha value is -8.16. The van der Waals surface area contributed by atoms with Crippen molar-refractivity contribution >= 4 is 102 Å². The van der Waals surface area contributed by atoms with Crippen LogP contribution in [0, 0.1) is 18.6 Å². The fourth-order valence-electron chi connectivity index (χ4n) is 8.17. The summed E-state index contributed by atoms with van der Waals surface area (Å²) >= 11 is 3.09. The molecule has 0 radical (unpaired) electrons. The van der Waals surface area contributed by atoms with Crippen molar-refractivity contribution < 1.29 is 68.4 Å². The van der Waals surface area contributed by atoms with E-state index in [2.05, 4.69) is 44.7 Å². The summed E-state index contributed by atoms with van der Waals surface area (Å²) in [5.41, 5.74) is 2.22. The number of fused-ring (bicyclic) bond motifs is 2. The van der Waals surface area contributed by atoms with Crippen molar-refractivity contribution in [3.63, 3.8) is 0 Å². The van der Waals surface area contributed by atoms with Crippen LogP contribution in [0.25, 0.3) is 44.3 Å². The lowest BCUT2D eigenvalue weighted by Gasteiger charge is -2.17. The molecule has 0 spiro atoms. The van der Waals surface area contributed by atoms with Gasteiger partial charge in [-0.25, -0.2) is 25.6 Å². The van der Waals surface area contributed by atoms with Gasteiger partial charge in [0.25, 0.3) is 31.2 Å². The third kappa shape index (κ3) is 14.6. The number of rotatable bonds is 15. The standard InChI is InChI=1S/C27H22FN3O7S.C19H13BrFN3O5S.C8H11BO3.2H3P/c1-35-18-10-17(11-19(13-18)36-2)21-14-25(37-3)24(15-22(21)28)31-23-6-5-20(12-16(23)4-7-27(31)32)39(33,34)30-26-8-9-38-29-26;1-28-17-9-13(20)14(21)10-16(17)24-15-4-3-12(8-11(15)2-5-19(24)25)30(26,27)23-18-6-7-29-22-18;1-6-3-7(9(10)11)5-8(4-6)12-2;;/h4-15H,1-3H3,(H,29,30);2-10H,1H3,(H,22,23);3-5,10-11H,1-2H3;2*1H3. The zero-order chi connectivity index (χ0) is 58.3. The molecule has 4 heterocycles. The summed E-state index contributed by atoms with van der Waals surface area (Å²) in [5, 5.41) is 25.7. The van der Waals surface area contributed by atoms with E-state index < -0.39 is 49.9 Å². The molecule has 29 heteroatoms. The van der Waals surface area contributed by atoms with E-state index >= 15 is 4.39 Å². The SMILES string of the molecule is COc1cc(Br)c(F)cc1-n1c(=O)ccc2cc(S(=O)(=O)Nc3ccon3)ccc21.COc1cc(C)cc(B(O)O)c1.COc1cc(OC)cc(-c2cc(OC)c(-n3c(=O)ccc4cc(S(=O)(=O)Nc5ccon5)ccc43)cc2F)c1.P.P. The van der Waals surface area contributed by atoms with Gasteiger partial charge in [0.1, 0.15) is 52.9 Å². The largest absolute Gasteiger partial charge is 0.497 e. The molecule has 2 atom stereocenters. The number of halogens is 3. The summed E-state index contributed by atoms with van der Waals surface area (Å²) < 4.78 is 124. The van der Waals surface area contributed by atoms with Crippen LogP contribution >= 0.6 is 35.7 Å². The van der Waals surface area contributed by atoms with E-state index in [0.29, 0.717) is 50.1 Å². The molecule has 0 amide bonds. The molecule has 4 N–H and O–H groups in total. The molecule has 10 aromatic rings. The van der Waals surface area contributed by atoms with E-state index in [4.69, 9.17) is 33.7 Å². The van der Waals surface area contributed by atoms with Gasteiger partial charge in [0.15, 0.2) is 11.6 Å². The van der Waals surface area contributed by atoms with E-state index in [0.717, 1.165) is 5.56 Å². The Morgan fingerprint density at radius 1 is 0.554 bits per heavy atom. The lowest BCUT2D eigenvalue weighted by atomic mass is 9.79. The quantitative estimate of drug-likeness (QED) is 0.0557. The number of benzene rings is 6. The summed E-state index contributed by atoms with van der Waals surface area (Å²) in [6.45, 7) is 1.87. The van der Waals surface area contributed by atoms with Gasteiger partial charge in [0, 0.05) is 58.8 Å². The van der Waals surface area contributed by atoms with Crippen LogP contribution in [0.1, 0.15) is 5.56 Å². The van der Waals surface area contributed by atoms with Gasteiger partial charge in [-0.15, -0.1) is 0 Å². The number of sulfonamides is 2. The lowest BCUT2D eigenvalue weighted by molar-refractivity contribution is 0.394. The highest BCUT2D eigenvalue weighted by molar-refractivity contribution is 9.10. The minimum atomic E-state index is -3.99. The molecule has 4 aromatic heterocycles. The fourth-order valence-corrected chi connectivity index (χ4v) is 10.5.